The minimum absolute atomic E-state index is 0.0364. The predicted octanol–water partition coefficient (Wildman–Crippen LogP) is 2.93. The van der Waals surface area contributed by atoms with Crippen molar-refractivity contribution in [2.45, 2.75) is 6.42 Å². The van der Waals surface area contributed by atoms with E-state index < -0.39 is 5.91 Å². The van der Waals surface area contributed by atoms with Crippen LogP contribution in [-0.2, 0) is 11.2 Å². The zero-order valence-electron chi connectivity index (χ0n) is 14.6. The molecule has 144 valence electrons. The first-order valence-electron chi connectivity index (χ1n) is 8.02. The summed E-state index contributed by atoms with van der Waals surface area (Å²) in [5.41, 5.74) is 1.05. The highest BCUT2D eigenvalue weighted by atomic mass is 35.5. The average molecular weight is 419 g/mol. The molecule has 3 aromatic rings. The van der Waals surface area contributed by atoms with E-state index >= 15 is 0 Å². The number of aromatic nitrogens is 2. The van der Waals surface area contributed by atoms with Crippen LogP contribution in [0.5, 0.6) is 5.75 Å². The highest BCUT2D eigenvalue weighted by molar-refractivity contribution is 7.14. The van der Waals surface area contributed by atoms with E-state index in [9.17, 15) is 14.4 Å². The topological polar surface area (TPSA) is 113 Å². The van der Waals surface area contributed by atoms with Crippen LogP contribution in [0.25, 0.3) is 0 Å². The van der Waals surface area contributed by atoms with Gasteiger partial charge in [0.05, 0.1) is 29.8 Å². The van der Waals surface area contributed by atoms with E-state index in [1.165, 1.54) is 36.8 Å². The van der Waals surface area contributed by atoms with Gasteiger partial charge in [0.1, 0.15) is 5.75 Å². The molecule has 10 heteroatoms. The van der Waals surface area contributed by atoms with Gasteiger partial charge < -0.3 is 15.0 Å². The lowest BCUT2D eigenvalue weighted by Crippen LogP contribution is -2.16. The number of nitrogens with zero attached hydrogens (tertiary/aromatic N) is 1. The highest BCUT2D eigenvalue weighted by Crippen LogP contribution is 2.27. The summed E-state index contributed by atoms with van der Waals surface area (Å²) < 4.78 is 5.07. The van der Waals surface area contributed by atoms with Gasteiger partial charge in [-0.15, -0.1) is 11.3 Å². The van der Waals surface area contributed by atoms with Gasteiger partial charge in [0, 0.05) is 23.3 Å². The zero-order chi connectivity index (χ0) is 20.1. The summed E-state index contributed by atoms with van der Waals surface area (Å²) in [4.78, 5) is 42.0. The fourth-order valence-electron chi connectivity index (χ4n) is 2.28. The summed E-state index contributed by atoms with van der Waals surface area (Å²) in [5, 5.41) is 7.78. The Bertz CT molecular complexity index is 1060. The molecule has 0 atom stereocenters. The minimum atomic E-state index is -0.408. The van der Waals surface area contributed by atoms with Gasteiger partial charge in [-0.1, -0.05) is 11.6 Å². The molecule has 8 nitrogen and oxygen atoms in total. The molecule has 0 aliphatic rings. The van der Waals surface area contributed by atoms with Crippen molar-refractivity contribution in [2.75, 3.05) is 17.7 Å². The number of nitrogens with one attached hydrogen (secondary N) is 3. The van der Waals surface area contributed by atoms with Crippen LogP contribution >= 0.6 is 22.9 Å². The number of ether oxygens (including phenoxy) is 1. The van der Waals surface area contributed by atoms with Crippen molar-refractivity contribution in [1.82, 2.24) is 9.97 Å². The third-order valence-corrected chi connectivity index (χ3v) is 4.70. The number of thiazole rings is 1. The minimum Gasteiger partial charge on any atom is -0.495 e. The van der Waals surface area contributed by atoms with Crippen molar-refractivity contribution in [3.8, 4) is 5.75 Å². The molecule has 2 aromatic heterocycles. The Hall–Kier alpha value is -3.17. The van der Waals surface area contributed by atoms with Crippen molar-refractivity contribution < 1.29 is 14.3 Å². The van der Waals surface area contributed by atoms with Gasteiger partial charge in [0.2, 0.25) is 11.5 Å². The maximum absolute atomic E-state index is 12.2. The molecule has 0 saturated carbocycles. The number of benzene rings is 1. The summed E-state index contributed by atoms with van der Waals surface area (Å²) in [6.45, 7) is 0. The number of pyridine rings is 1. The van der Waals surface area contributed by atoms with Crippen molar-refractivity contribution in [2.24, 2.45) is 0 Å². The summed E-state index contributed by atoms with van der Waals surface area (Å²) in [7, 11) is 1.51. The number of halogens is 1. The Morgan fingerprint density at radius 1 is 1.25 bits per heavy atom. The van der Waals surface area contributed by atoms with Crippen molar-refractivity contribution in [1.29, 1.82) is 0 Å². The Labute approximate surface area is 168 Å². The predicted molar refractivity (Wildman–Crippen MR) is 107 cm³/mol. The van der Waals surface area contributed by atoms with Gasteiger partial charge in [-0.25, -0.2) is 4.98 Å². The number of amides is 2. The Kier molecular flexibility index (Phi) is 6.07. The van der Waals surface area contributed by atoms with Crippen molar-refractivity contribution >= 4 is 45.6 Å². The second-order valence-corrected chi connectivity index (χ2v) is 6.88. The maximum Gasteiger partial charge on any atom is 0.258 e. The van der Waals surface area contributed by atoms with E-state index in [-0.39, 0.29) is 17.9 Å². The number of H-pyrrole nitrogens is 1. The number of anilines is 2. The molecule has 0 spiro atoms. The highest BCUT2D eigenvalue weighted by Gasteiger charge is 2.12. The Morgan fingerprint density at radius 2 is 2.07 bits per heavy atom. The van der Waals surface area contributed by atoms with Crippen LogP contribution in [0.2, 0.25) is 5.02 Å². The first-order valence-corrected chi connectivity index (χ1v) is 9.28. The molecule has 0 fully saturated rings. The molecular formula is C18H15ClN4O4S. The molecule has 0 aliphatic carbocycles. The first kappa shape index (κ1) is 19.6. The second kappa shape index (κ2) is 8.68. The van der Waals surface area contributed by atoms with Crippen LogP contribution in [0.4, 0.5) is 10.8 Å². The normalized spacial score (nSPS) is 10.4. The van der Waals surface area contributed by atoms with E-state index in [1.54, 1.807) is 23.6 Å². The van der Waals surface area contributed by atoms with E-state index in [0.717, 1.165) is 0 Å². The van der Waals surface area contributed by atoms with Crippen LogP contribution in [0, 0.1) is 0 Å². The standard InChI is InChI=1S/C18H15ClN4O4S/c1-27-14-4-3-11(6-13(14)19)21-16(25)7-12-9-28-18(22-12)23-17(26)10-2-5-15(24)20-8-10/h2-6,8-9H,7H2,1H3,(H,20,24)(H,21,25)(H,22,23,26). The molecule has 0 aliphatic heterocycles. The molecule has 2 amide bonds. The molecule has 0 bridgehead atoms. The Morgan fingerprint density at radius 3 is 2.75 bits per heavy atom. The quantitative estimate of drug-likeness (QED) is 0.569. The van der Waals surface area contributed by atoms with Crippen molar-refractivity contribution in [3.63, 3.8) is 0 Å². The van der Waals surface area contributed by atoms with E-state index in [2.05, 4.69) is 20.6 Å². The first-order chi connectivity index (χ1) is 13.4. The molecule has 0 unspecified atom stereocenters. The van der Waals surface area contributed by atoms with Gasteiger partial charge in [0.15, 0.2) is 5.13 Å². The largest absolute Gasteiger partial charge is 0.495 e. The molecule has 0 saturated heterocycles. The molecule has 28 heavy (non-hydrogen) atoms. The number of carbonyl (C=O) groups is 2. The zero-order valence-corrected chi connectivity index (χ0v) is 16.2. The monoisotopic (exact) mass is 418 g/mol. The SMILES string of the molecule is COc1ccc(NC(=O)Cc2csc(NC(=O)c3ccc(=O)[nH]c3)n2)cc1Cl. The average Bonchev–Trinajstić information content (AvgIpc) is 3.09. The summed E-state index contributed by atoms with van der Waals surface area (Å²) >= 11 is 7.24. The lowest BCUT2D eigenvalue weighted by Gasteiger charge is -2.07. The van der Waals surface area contributed by atoms with Gasteiger partial charge in [-0.2, -0.15) is 0 Å². The third-order valence-electron chi connectivity index (χ3n) is 3.60. The van der Waals surface area contributed by atoms with Crippen LogP contribution in [0.3, 0.4) is 0 Å². The Balaban J connectivity index is 1.58. The van der Waals surface area contributed by atoms with E-state index in [0.29, 0.717) is 32.8 Å². The number of aromatic amines is 1. The molecule has 1 aromatic carbocycles. The number of rotatable bonds is 6. The number of hydrogen-bond donors (Lipinski definition) is 3. The smallest absolute Gasteiger partial charge is 0.258 e. The van der Waals surface area contributed by atoms with Crippen LogP contribution in [-0.4, -0.2) is 28.9 Å². The van der Waals surface area contributed by atoms with Crippen molar-refractivity contribution in [3.05, 3.63) is 68.5 Å². The van der Waals surface area contributed by atoms with Gasteiger partial charge in [-0.3, -0.25) is 19.7 Å². The van der Waals surface area contributed by atoms with Crippen LogP contribution in [0.15, 0.2) is 46.7 Å². The lowest BCUT2D eigenvalue weighted by molar-refractivity contribution is -0.115. The molecule has 2 heterocycles. The molecule has 3 N–H and O–H groups in total. The maximum atomic E-state index is 12.2. The van der Waals surface area contributed by atoms with Crippen LogP contribution < -0.4 is 20.9 Å². The molecule has 3 rings (SSSR count). The molecular weight excluding hydrogens is 404 g/mol. The number of methoxy groups -OCH3 is 1. The summed E-state index contributed by atoms with van der Waals surface area (Å²) in [6, 6.07) is 7.61. The van der Waals surface area contributed by atoms with Gasteiger partial charge in [0.25, 0.3) is 5.91 Å². The van der Waals surface area contributed by atoms with E-state index in [4.69, 9.17) is 16.3 Å². The molecule has 0 radical (unpaired) electrons. The lowest BCUT2D eigenvalue weighted by atomic mass is 10.2. The fourth-order valence-corrected chi connectivity index (χ4v) is 3.24. The number of hydrogen-bond acceptors (Lipinski definition) is 6. The second-order valence-electron chi connectivity index (χ2n) is 5.61. The van der Waals surface area contributed by atoms with Crippen LogP contribution in [0.1, 0.15) is 16.1 Å². The summed E-state index contributed by atoms with van der Waals surface area (Å²) in [6.07, 6.45) is 1.36. The van der Waals surface area contributed by atoms with E-state index in [1.807, 2.05) is 0 Å². The fraction of sp³-hybridized carbons (Fsp3) is 0.111. The van der Waals surface area contributed by atoms with Gasteiger partial charge >= 0.3 is 0 Å². The van der Waals surface area contributed by atoms with Gasteiger partial charge in [-0.05, 0) is 24.3 Å². The summed E-state index contributed by atoms with van der Waals surface area (Å²) in [5.74, 6) is -0.165. The number of carbonyl (C=O) groups excluding carboxylic acids is 2. The third kappa shape index (κ3) is 4.96.